The van der Waals surface area contributed by atoms with Crippen molar-refractivity contribution in [2.45, 2.75) is 336 Å². The van der Waals surface area contributed by atoms with Crippen molar-refractivity contribution in [2.75, 3.05) is 26.4 Å². The van der Waals surface area contributed by atoms with Gasteiger partial charge in [-0.1, -0.05) is 211 Å². The molecule has 0 spiro atoms. The van der Waals surface area contributed by atoms with Crippen LogP contribution in [-0.2, 0) is 33.2 Å². The number of amides is 1. The molecule has 0 bridgehead atoms. The minimum absolute atomic E-state index is 0.246. The smallest absolute Gasteiger partial charge is 0.220 e. The summed E-state index contributed by atoms with van der Waals surface area (Å²) in [6, 6.07) is -0.887. The fraction of sp³-hybridized carbons (Fsp3) is 0.891. The third-order valence-electron chi connectivity index (χ3n) is 16.5. The van der Waals surface area contributed by atoms with E-state index in [1.54, 1.807) is 0 Å². The zero-order valence-electron chi connectivity index (χ0n) is 50.9. The summed E-state index contributed by atoms with van der Waals surface area (Å²) in [5, 5.41) is 120. The summed E-state index contributed by atoms with van der Waals surface area (Å²) in [6.07, 6.45) is 25.2. The number of nitrogens with one attached hydrogen (secondary N) is 1. The number of carbonyl (C=O) groups is 1. The van der Waals surface area contributed by atoms with E-state index in [0.717, 1.165) is 64.2 Å². The van der Waals surface area contributed by atoms with E-state index in [2.05, 4.69) is 55.6 Å². The molecule has 83 heavy (non-hydrogen) atoms. The van der Waals surface area contributed by atoms with Gasteiger partial charge >= 0.3 is 0 Å². The number of allylic oxidation sites excluding steroid dienone is 6. The summed E-state index contributed by atoms with van der Waals surface area (Å²) < 4.78 is 34.3. The number of unbranched alkanes of at least 4 members (excludes halogenated alkanes) is 27. The van der Waals surface area contributed by atoms with Gasteiger partial charge in [-0.2, -0.15) is 0 Å². The lowest BCUT2D eigenvalue weighted by Gasteiger charge is -2.48. The van der Waals surface area contributed by atoms with Crippen LogP contribution in [0.25, 0.3) is 0 Å². The number of hydrogen-bond acceptors (Lipinski definition) is 18. The quantitative estimate of drug-likeness (QED) is 0.0211. The molecule has 17 atom stereocenters. The van der Waals surface area contributed by atoms with E-state index in [1.807, 2.05) is 0 Å². The second-order valence-corrected chi connectivity index (χ2v) is 23.6. The Morgan fingerprint density at radius 2 is 0.795 bits per heavy atom. The fourth-order valence-corrected chi connectivity index (χ4v) is 11.1. The van der Waals surface area contributed by atoms with Crippen molar-refractivity contribution >= 4 is 5.91 Å². The number of ether oxygens (including phenoxy) is 6. The van der Waals surface area contributed by atoms with Gasteiger partial charge in [0.1, 0.15) is 73.2 Å². The molecule has 3 fully saturated rings. The molecule has 3 aliphatic rings. The van der Waals surface area contributed by atoms with Crippen LogP contribution in [0.15, 0.2) is 36.5 Å². The van der Waals surface area contributed by atoms with Crippen molar-refractivity contribution in [1.29, 1.82) is 0 Å². The van der Waals surface area contributed by atoms with E-state index >= 15 is 0 Å². The topological polar surface area (TPSA) is 307 Å². The normalized spacial score (nSPS) is 29.6. The molecule has 3 saturated heterocycles. The van der Waals surface area contributed by atoms with Crippen LogP contribution in [0.3, 0.4) is 0 Å². The molecular formula is C64H117NO18. The van der Waals surface area contributed by atoms with Gasteiger partial charge in [0.15, 0.2) is 18.9 Å². The average molecular weight is 1190 g/mol. The third-order valence-corrected chi connectivity index (χ3v) is 16.5. The Morgan fingerprint density at radius 1 is 0.434 bits per heavy atom. The largest absolute Gasteiger partial charge is 0.394 e. The lowest BCUT2D eigenvalue weighted by molar-refractivity contribution is -0.379. The Morgan fingerprint density at radius 3 is 1.24 bits per heavy atom. The predicted molar refractivity (Wildman–Crippen MR) is 319 cm³/mol. The van der Waals surface area contributed by atoms with Crippen LogP contribution in [-0.4, -0.2) is 193 Å². The highest BCUT2D eigenvalue weighted by atomic mass is 16.8. The maximum absolute atomic E-state index is 13.4. The first-order chi connectivity index (χ1) is 40.3. The van der Waals surface area contributed by atoms with Crippen LogP contribution in [0.2, 0.25) is 0 Å². The van der Waals surface area contributed by atoms with Gasteiger partial charge in [-0.05, 0) is 51.4 Å². The Bertz CT molecular complexity index is 1660. The number of aliphatic hydroxyl groups excluding tert-OH is 11. The Hall–Kier alpha value is -1.99. The molecule has 3 aliphatic heterocycles. The molecule has 12 N–H and O–H groups in total. The summed E-state index contributed by atoms with van der Waals surface area (Å²) in [7, 11) is 0. The standard InChI is InChI=1S/C64H117NO18/c1-3-5-7-9-11-13-15-16-17-18-19-20-21-22-23-24-25-26-27-28-29-30-32-34-36-38-40-42-52(70)65-47(48(69)41-39-37-35-33-31-14-12-10-8-6-4-2)46-78-62-58(76)55(73)60(50(44-67)80-62)83-64-59(77)56(74)61(51(45-68)81-64)82-63-57(75)54(72)53(71)49(43-66)79-63/h15-16,18-19,21-22,47-51,53-64,66-69,71-77H,3-14,17,20,23-46H2,1-2H3,(H,65,70)/b16-15-,19-18-,22-21-. The Balaban J connectivity index is 1.40. The first-order valence-corrected chi connectivity index (χ1v) is 32.7. The van der Waals surface area contributed by atoms with Gasteiger partial charge in [-0.3, -0.25) is 4.79 Å². The van der Waals surface area contributed by atoms with Crippen molar-refractivity contribution in [1.82, 2.24) is 5.32 Å². The molecule has 0 saturated carbocycles. The fourth-order valence-electron chi connectivity index (χ4n) is 11.1. The van der Waals surface area contributed by atoms with Crippen LogP contribution in [0, 0.1) is 0 Å². The van der Waals surface area contributed by atoms with Crippen LogP contribution in [0.5, 0.6) is 0 Å². The van der Waals surface area contributed by atoms with Gasteiger partial charge < -0.3 is 89.9 Å². The summed E-state index contributed by atoms with van der Waals surface area (Å²) in [4.78, 5) is 13.4. The lowest BCUT2D eigenvalue weighted by Crippen LogP contribution is -2.66. The zero-order chi connectivity index (χ0) is 60.5. The highest BCUT2D eigenvalue weighted by Gasteiger charge is 2.53. The molecule has 0 radical (unpaired) electrons. The molecule has 0 aliphatic carbocycles. The molecule has 486 valence electrons. The monoisotopic (exact) mass is 1190 g/mol. The van der Waals surface area contributed by atoms with Gasteiger partial charge in [-0.25, -0.2) is 0 Å². The van der Waals surface area contributed by atoms with Crippen molar-refractivity contribution in [3.05, 3.63) is 36.5 Å². The maximum Gasteiger partial charge on any atom is 0.220 e. The molecule has 0 aromatic rings. The highest BCUT2D eigenvalue weighted by molar-refractivity contribution is 5.76. The third kappa shape index (κ3) is 30.2. The van der Waals surface area contributed by atoms with E-state index in [-0.39, 0.29) is 18.9 Å². The second kappa shape index (κ2) is 47.1. The summed E-state index contributed by atoms with van der Waals surface area (Å²) in [5.41, 5.74) is 0. The van der Waals surface area contributed by atoms with Gasteiger partial charge in [0.2, 0.25) is 5.91 Å². The molecule has 1 amide bonds. The average Bonchev–Trinajstić information content (AvgIpc) is 3.62. The predicted octanol–water partition coefficient (Wildman–Crippen LogP) is 7.27. The number of hydrogen-bond donors (Lipinski definition) is 12. The molecular weight excluding hydrogens is 1070 g/mol. The van der Waals surface area contributed by atoms with Crippen molar-refractivity contribution < 1.29 is 89.4 Å². The van der Waals surface area contributed by atoms with Gasteiger partial charge in [0, 0.05) is 6.42 Å². The SMILES string of the molecule is CCCCCCC/C=C\C/C=C\C/C=C\CCCCCCCCCCCCCCC(=O)NC(COC1OC(CO)C(OC2OC(CO)C(OC3OC(CO)C(O)C(O)C3O)C(O)C2O)C(O)C1O)C(O)CCCCCCCCCCCCC. The summed E-state index contributed by atoms with van der Waals surface area (Å²) in [5.74, 6) is -0.246. The van der Waals surface area contributed by atoms with E-state index < -0.39 is 124 Å². The molecule has 0 aromatic heterocycles. The Labute approximate surface area is 498 Å². The summed E-state index contributed by atoms with van der Waals surface area (Å²) in [6.45, 7) is 1.77. The highest BCUT2D eigenvalue weighted by Crippen LogP contribution is 2.33. The molecule has 0 aromatic carbocycles. The van der Waals surface area contributed by atoms with Gasteiger partial charge in [-0.15, -0.1) is 0 Å². The van der Waals surface area contributed by atoms with Gasteiger partial charge in [0.05, 0.1) is 38.6 Å². The van der Waals surface area contributed by atoms with Gasteiger partial charge in [0.25, 0.3) is 0 Å². The maximum atomic E-state index is 13.4. The Kier molecular flexibility index (Phi) is 42.7. The molecule has 17 unspecified atom stereocenters. The van der Waals surface area contributed by atoms with E-state index in [9.17, 15) is 61.0 Å². The molecule has 3 heterocycles. The zero-order valence-corrected chi connectivity index (χ0v) is 50.9. The molecule has 19 nitrogen and oxygen atoms in total. The van der Waals surface area contributed by atoms with E-state index in [4.69, 9.17) is 28.4 Å². The van der Waals surface area contributed by atoms with Crippen molar-refractivity contribution in [2.24, 2.45) is 0 Å². The van der Waals surface area contributed by atoms with Crippen LogP contribution < -0.4 is 5.32 Å². The lowest BCUT2D eigenvalue weighted by atomic mass is 9.96. The first-order valence-electron chi connectivity index (χ1n) is 32.7. The first kappa shape index (κ1) is 75.3. The van der Waals surface area contributed by atoms with E-state index in [0.29, 0.717) is 12.8 Å². The van der Waals surface area contributed by atoms with E-state index in [1.165, 1.54) is 135 Å². The van der Waals surface area contributed by atoms with Crippen molar-refractivity contribution in [3.63, 3.8) is 0 Å². The van der Waals surface area contributed by atoms with Crippen molar-refractivity contribution in [3.8, 4) is 0 Å². The molecule has 19 heteroatoms. The minimum atomic E-state index is -1.97. The number of aliphatic hydroxyl groups is 11. The number of carbonyl (C=O) groups excluding carboxylic acids is 1. The van der Waals surface area contributed by atoms with Crippen LogP contribution in [0.1, 0.15) is 232 Å². The molecule has 3 rings (SSSR count). The second-order valence-electron chi connectivity index (χ2n) is 23.6. The number of rotatable bonds is 49. The van der Waals surface area contributed by atoms with Crippen LogP contribution in [0.4, 0.5) is 0 Å². The summed E-state index contributed by atoms with van der Waals surface area (Å²) >= 11 is 0. The van der Waals surface area contributed by atoms with Crippen LogP contribution >= 0.6 is 0 Å². The minimum Gasteiger partial charge on any atom is -0.394 e.